The lowest BCUT2D eigenvalue weighted by Crippen LogP contribution is -2.09. The Morgan fingerprint density at radius 1 is 1.14 bits per heavy atom. The number of carbonyl (C=O) groups is 1. The Morgan fingerprint density at radius 3 is 2.55 bits per heavy atom. The molecule has 0 unspecified atom stereocenters. The van der Waals surface area contributed by atoms with Crippen molar-refractivity contribution in [3.05, 3.63) is 77.8 Å². The molecule has 0 N–H and O–H groups in total. The van der Waals surface area contributed by atoms with Crippen LogP contribution in [0.4, 0.5) is 4.39 Å². The number of esters is 1. The van der Waals surface area contributed by atoms with E-state index in [-0.39, 0.29) is 12.4 Å². The number of aromatic nitrogens is 2. The molecule has 0 aliphatic carbocycles. The van der Waals surface area contributed by atoms with E-state index in [1.807, 2.05) is 18.2 Å². The van der Waals surface area contributed by atoms with Crippen LogP contribution < -0.4 is 4.74 Å². The first-order valence-electron chi connectivity index (χ1n) is 8.85. The van der Waals surface area contributed by atoms with Gasteiger partial charge in [-0.2, -0.15) is 5.10 Å². The summed E-state index contributed by atoms with van der Waals surface area (Å²) in [6.07, 6.45) is 1.35. The lowest BCUT2D eigenvalue weighted by atomic mass is 10.0. The van der Waals surface area contributed by atoms with E-state index < -0.39 is 5.97 Å². The molecule has 0 aliphatic heterocycles. The molecule has 150 valence electrons. The van der Waals surface area contributed by atoms with Crippen molar-refractivity contribution in [1.29, 1.82) is 0 Å². The van der Waals surface area contributed by atoms with Gasteiger partial charge in [-0.1, -0.05) is 24.3 Å². The number of methoxy groups -OCH3 is 2. The second-order valence-electron chi connectivity index (χ2n) is 6.20. The molecule has 0 spiro atoms. The highest BCUT2D eigenvalue weighted by molar-refractivity contribution is 6.16. The summed E-state index contributed by atoms with van der Waals surface area (Å²) in [5, 5.41) is 4.42. The van der Waals surface area contributed by atoms with E-state index >= 15 is 0 Å². The smallest absolute Gasteiger partial charge is 0.341 e. The molecule has 3 rings (SSSR count). The van der Waals surface area contributed by atoms with Crippen LogP contribution in [0.1, 0.15) is 11.1 Å². The van der Waals surface area contributed by atoms with E-state index in [0.717, 1.165) is 11.1 Å². The van der Waals surface area contributed by atoms with Crippen molar-refractivity contribution < 1.29 is 23.4 Å². The van der Waals surface area contributed by atoms with E-state index in [0.29, 0.717) is 22.7 Å². The second-order valence-corrected chi connectivity index (χ2v) is 6.20. The van der Waals surface area contributed by atoms with Crippen molar-refractivity contribution in [1.82, 2.24) is 9.78 Å². The van der Waals surface area contributed by atoms with Crippen LogP contribution in [0.25, 0.3) is 16.8 Å². The average Bonchev–Trinajstić information content (AvgIpc) is 3.11. The second kappa shape index (κ2) is 9.05. The summed E-state index contributed by atoms with van der Waals surface area (Å²) in [5.74, 6) is -0.267. The quantitative estimate of drug-likeness (QED) is 0.344. The zero-order chi connectivity index (χ0) is 20.8. The highest BCUT2D eigenvalue weighted by atomic mass is 19.1. The van der Waals surface area contributed by atoms with Crippen LogP contribution in [0.2, 0.25) is 0 Å². The molecular weight excluding hydrogens is 375 g/mol. The number of nitrogens with zero attached hydrogens (tertiary/aromatic N) is 2. The number of ether oxygens (including phenoxy) is 3. The minimum absolute atomic E-state index is 0.205. The molecule has 7 heteroatoms. The molecule has 1 heterocycles. The number of halogens is 1. The van der Waals surface area contributed by atoms with Gasteiger partial charge in [-0.15, -0.1) is 0 Å². The maximum absolute atomic E-state index is 13.1. The van der Waals surface area contributed by atoms with Crippen LogP contribution in [-0.4, -0.2) is 30.0 Å². The fourth-order valence-electron chi connectivity index (χ4n) is 2.86. The molecule has 0 saturated carbocycles. The maximum Gasteiger partial charge on any atom is 0.341 e. The Balaban J connectivity index is 1.83. The Labute approximate surface area is 168 Å². The average molecular weight is 396 g/mol. The van der Waals surface area contributed by atoms with Gasteiger partial charge in [-0.05, 0) is 35.4 Å². The molecule has 2 aromatic carbocycles. The summed E-state index contributed by atoms with van der Waals surface area (Å²) >= 11 is 0. The number of rotatable bonds is 7. The molecule has 6 nitrogen and oxygen atoms in total. The zero-order valence-corrected chi connectivity index (χ0v) is 16.4. The van der Waals surface area contributed by atoms with Crippen molar-refractivity contribution in [3.8, 4) is 17.1 Å². The van der Waals surface area contributed by atoms with E-state index in [1.165, 1.54) is 32.6 Å². The molecule has 0 aliphatic rings. The summed E-state index contributed by atoms with van der Waals surface area (Å²) in [7, 11) is 4.55. The minimum Gasteiger partial charge on any atom is -0.503 e. The van der Waals surface area contributed by atoms with Gasteiger partial charge in [0.15, 0.2) is 0 Å². The van der Waals surface area contributed by atoms with Gasteiger partial charge in [0, 0.05) is 18.7 Å². The van der Waals surface area contributed by atoms with Crippen molar-refractivity contribution in [3.63, 3.8) is 0 Å². The van der Waals surface area contributed by atoms with Gasteiger partial charge in [-0.3, -0.25) is 0 Å². The monoisotopic (exact) mass is 396 g/mol. The molecular formula is C22H21FN2O4. The van der Waals surface area contributed by atoms with Crippen LogP contribution in [0, 0.1) is 5.82 Å². The topological polar surface area (TPSA) is 62.6 Å². The van der Waals surface area contributed by atoms with Gasteiger partial charge < -0.3 is 14.2 Å². The largest absolute Gasteiger partial charge is 0.503 e. The standard InChI is InChI=1S/C22H21FN2O4/c1-25-21(12-20(24-25)15-8-10-17(23)11-9-15)29-13-16-6-4-5-7-18(16)19(14-27-2)22(26)28-3/h4-12,14H,13H2,1-3H3/b19-14+. The van der Waals surface area contributed by atoms with E-state index in [9.17, 15) is 9.18 Å². The van der Waals surface area contributed by atoms with Crippen LogP contribution in [0.5, 0.6) is 5.88 Å². The van der Waals surface area contributed by atoms with Crippen LogP contribution in [0.15, 0.2) is 60.9 Å². The summed E-state index contributed by atoms with van der Waals surface area (Å²) in [6, 6.07) is 15.2. The van der Waals surface area contributed by atoms with Gasteiger partial charge in [-0.25, -0.2) is 13.9 Å². The summed E-state index contributed by atoms with van der Waals surface area (Å²) in [5.41, 5.74) is 3.19. The first kappa shape index (κ1) is 20.1. The SMILES string of the molecule is CO/C=C(/C(=O)OC)c1ccccc1COc1cc(-c2ccc(F)cc2)nn1C. The van der Waals surface area contributed by atoms with E-state index in [4.69, 9.17) is 14.2 Å². The first-order valence-corrected chi connectivity index (χ1v) is 8.85. The highest BCUT2D eigenvalue weighted by Gasteiger charge is 2.17. The molecule has 0 radical (unpaired) electrons. The molecule has 0 saturated heterocycles. The molecule has 1 aromatic heterocycles. The highest BCUT2D eigenvalue weighted by Crippen LogP contribution is 2.26. The molecule has 29 heavy (non-hydrogen) atoms. The molecule has 0 fully saturated rings. The fraction of sp³-hybridized carbons (Fsp3) is 0.182. The maximum atomic E-state index is 13.1. The number of benzene rings is 2. The molecule has 0 amide bonds. The number of hydrogen-bond acceptors (Lipinski definition) is 5. The van der Waals surface area contributed by atoms with Crippen molar-refractivity contribution in [2.24, 2.45) is 7.05 Å². The Bertz CT molecular complexity index is 1030. The lowest BCUT2D eigenvalue weighted by Gasteiger charge is -2.12. The normalized spacial score (nSPS) is 11.2. The van der Waals surface area contributed by atoms with E-state index in [2.05, 4.69) is 5.10 Å². The predicted octanol–water partition coefficient (Wildman–Crippen LogP) is 3.97. The van der Waals surface area contributed by atoms with Crippen molar-refractivity contribution in [2.75, 3.05) is 14.2 Å². The Kier molecular flexibility index (Phi) is 6.29. The summed E-state index contributed by atoms with van der Waals surface area (Å²) in [4.78, 5) is 12.1. The predicted molar refractivity (Wildman–Crippen MR) is 106 cm³/mol. The zero-order valence-electron chi connectivity index (χ0n) is 16.4. The Morgan fingerprint density at radius 2 is 1.86 bits per heavy atom. The summed E-state index contributed by atoms with van der Waals surface area (Å²) in [6.45, 7) is 0.205. The first-order chi connectivity index (χ1) is 14.0. The Hall–Kier alpha value is -3.61. The van der Waals surface area contributed by atoms with Crippen LogP contribution in [-0.2, 0) is 27.9 Å². The summed E-state index contributed by atoms with van der Waals surface area (Å²) < 4.78 is 30.6. The fourth-order valence-corrected chi connectivity index (χ4v) is 2.86. The van der Waals surface area contributed by atoms with Crippen LogP contribution in [0.3, 0.4) is 0 Å². The number of aryl methyl sites for hydroxylation is 1. The van der Waals surface area contributed by atoms with Gasteiger partial charge in [0.25, 0.3) is 0 Å². The third-order valence-electron chi connectivity index (χ3n) is 4.30. The van der Waals surface area contributed by atoms with Crippen molar-refractivity contribution in [2.45, 2.75) is 6.61 Å². The van der Waals surface area contributed by atoms with Gasteiger partial charge in [0.05, 0.1) is 26.2 Å². The molecule has 3 aromatic rings. The lowest BCUT2D eigenvalue weighted by molar-refractivity contribution is -0.133. The molecule has 0 bridgehead atoms. The van der Waals surface area contributed by atoms with Gasteiger partial charge >= 0.3 is 5.97 Å². The number of hydrogen-bond donors (Lipinski definition) is 0. The third-order valence-corrected chi connectivity index (χ3v) is 4.30. The van der Waals surface area contributed by atoms with Gasteiger partial charge in [0.2, 0.25) is 5.88 Å². The molecule has 0 atom stereocenters. The third kappa shape index (κ3) is 4.63. The van der Waals surface area contributed by atoms with Crippen molar-refractivity contribution >= 4 is 11.5 Å². The number of carbonyl (C=O) groups excluding carboxylic acids is 1. The van der Waals surface area contributed by atoms with Gasteiger partial charge in [0.1, 0.15) is 18.0 Å². The van der Waals surface area contributed by atoms with E-state index in [1.54, 1.807) is 36.0 Å². The minimum atomic E-state index is -0.501. The van der Waals surface area contributed by atoms with Crippen LogP contribution >= 0.6 is 0 Å².